The Morgan fingerprint density at radius 3 is 2.62 bits per heavy atom. The molecule has 2 aromatic rings. The number of nitrogens with one attached hydrogen (secondary N) is 1. The average molecular weight is 286 g/mol. The predicted octanol–water partition coefficient (Wildman–Crippen LogP) is 1.81. The fourth-order valence-electron chi connectivity index (χ4n) is 2.22. The van der Waals surface area contributed by atoms with Crippen molar-refractivity contribution in [1.29, 1.82) is 0 Å². The number of nitrogens with zero attached hydrogens (tertiary/aromatic N) is 2. The highest BCUT2D eigenvalue weighted by molar-refractivity contribution is 5.33. The van der Waals surface area contributed by atoms with Crippen molar-refractivity contribution < 1.29 is 0 Å². The number of benzene rings is 1. The fourth-order valence-corrected chi connectivity index (χ4v) is 2.22. The van der Waals surface area contributed by atoms with Crippen molar-refractivity contribution in [2.75, 3.05) is 11.9 Å². The third-order valence-corrected chi connectivity index (χ3v) is 3.37. The third kappa shape index (κ3) is 3.92. The van der Waals surface area contributed by atoms with Gasteiger partial charge < -0.3 is 15.6 Å². The van der Waals surface area contributed by atoms with Gasteiger partial charge in [0.1, 0.15) is 0 Å². The maximum atomic E-state index is 12.3. The van der Waals surface area contributed by atoms with Gasteiger partial charge in [-0.15, -0.1) is 0 Å². The largest absolute Gasteiger partial charge is 0.361 e. The number of anilines is 1. The minimum atomic E-state index is -0.112. The normalized spacial score (nSPS) is 12.4. The number of hydrogen-bond acceptors (Lipinski definition) is 4. The number of rotatable bonds is 6. The summed E-state index contributed by atoms with van der Waals surface area (Å²) in [7, 11) is 0. The summed E-state index contributed by atoms with van der Waals surface area (Å²) in [6, 6.07) is 10.2. The Morgan fingerprint density at radius 1 is 1.29 bits per heavy atom. The van der Waals surface area contributed by atoms with Crippen LogP contribution in [-0.4, -0.2) is 22.1 Å². The number of aromatic nitrogens is 2. The molecule has 1 unspecified atom stereocenters. The second kappa shape index (κ2) is 7.04. The summed E-state index contributed by atoms with van der Waals surface area (Å²) in [6.45, 7) is 4.37. The van der Waals surface area contributed by atoms with E-state index in [1.165, 1.54) is 5.56 Å². The van der Waals surface area contributed by atoms with Gasteiger partial charge in [-0.3, -0.25) is 4.79 Å². The summed E-state index contributed by atoms with van der Waals surface area (Å²) >= 11 is 0. The van der Waals surface area contributed by atoms with Crippen molar-refractivity contribution in [3.63, 3.8) is 0 Å². The summed E-state index contributed by atoms with van der Waals surface area (Å²) in [6.07, 6.45) is 4.10. The molecule has 0 aliphatic rings. The van der Waals surface area contributed by atoms with Crippen LogP contribution in [0.5, 0.6) is 0 Å². The molecule has 21 heavy (non-hydrogen) atoms. The van der Waals surface area contributed by atoms with Crippen LogP contribution < -0.4 is 16.6 Å². The minimum Gasteiger partial charge on any atom is -0.361 e. The molecular formula is C16H22N4O. The summed E-state index contributed by atoms with van der Waals surface area (Å²) in [5, 5.41) is 3.17. The van der Waals surface area contributed by atoms with E-state index >= 15 is 0 Å². The van der Waals surface area contributed by atoms with Crippen LogP contribution in [0, 0.1) is 0 Å². The van der Waals surface area contributed by atoms with Gasteiger partial charge in [0.25, 0.3) is 5.56 Å². The molecular weight excluding hydrogens is 264 g/mol. The first-order chi connectivity index (χ1) is 10.1. The Kier molecular flexibility index (Phi) is 5.11. The first-order valence-corrected chi connectivity index (χ1v) is 7.19. The maximum absolute atomic E-state index is 12.3. The quantitative estimate of drug-likeness (QED) is 0.849. The van der Waals surface area contributed by atoms with E-state index < -0.39 is 0 Å². The SMILES string of the molecule is CC(C)n1ccnc(NC(CN)Cc2ccccc2)c1=O. The highest BCUT2D eigenvalue weighted by Crippen LogP contribution is 2.07. The fraction of sp³-hybridized carbons (Fsp3) is 0.375. The van der Waals surface area contributed by atoms with Crippen molar-refractivity contribution >= 4 is 5.82 Å². The summed E-state index contributed by atoms with van der Waals surface area (Å²) in [5.41, 5.74) is 6.89. The van der Waals surface area contributed by atoms with Crippen LogP contribution >= 0.6 is 0 Å². The van der Waals surface area contributed by atoms with Gasteiger partial charge in [0.05, 0.1) is 0 Å². The van der Waals surface area contributed by atoms with Gasteiger partial charge in [0.15, 0.2) is 5.82 Å². The first kappa shape index (κ1) is 15.3. The van der Waals surface area contributed by atoms with Crippen LogP contribution in [0.1, 0.15) is 25.5 Å². The van der Waals surface area contributed by atoms with Gasteiger partial charge in [-0.25, -0.2) is 4.98 Å². The lowest BCUT2D eigenvalue weighted by Gasteiger charge is -2.18. The molecule has 0 aliphatic heterocycles. The second-order valence-electron chi connectivity index (χ2n) is 5.35. The Hall–Kier alpha value is -2.14. The van der Waals surface area contributed by atoms with Crippen molar-refractivity contribution in [3.8, 4) is 0 Å². The number of nitrogens with two attached hydrogens (primary N) is 1. The van der Waals surface area contributed by atoms with E-state index in [9.17, 15) is 4.79 Å². The molecule has 5 heteroatoms. The molecule has 1 aromatic heterocycles. The van der Waals surface area contributed by atoms with Crippen LogP contribution in [0.25, 0.3) is 0 Å². The van der Waals surface area contributed by atoms with E-state index in [1.807, 2.05) is 32.0 Å². The van der Waals surface area contributed by atoms with Crippen LogP contribution in [0.15, 0.2) is 47.5 Å². The van der Waals surface area contributed by atoms with E-state index in [4.69, 9.17) is 5.73 Å². The van der Waals surface area contributed by atoms with Crippen LogP contribution in [0.2, 0.25) is 0 Å². The van der Waals surface area contributed by atoms with Crippen molar-refractivity contribution in [3.05, 3.63) is 58.6 Å². The molecule has 0 radical (unpaired) electrons. The molecule has 1 atom stereocenters. The van der Waals surface area contributed by atoms with Crippen LogP contribution in [-0.2, 0) is 6.42 Å². The Balaban J connectivity index is 2.16. The molecule has 0 saturated heterocycles. The third-order valence-electron chi connectivity index (χ3n) is 3.37. The lowest BCUT2D eigenvalue weighted by atomic mass is 10.1. The topological polar surface area (TPSA) is 72.9 Å². The van der Waals surface area contributed by atoms with E-state index in [0.29, 0.717) is 12.4 Å². The molecule has 3 N–H and O–H groups in total. The zero-order chi connectivity index (χ0) is 15.2. The van der Waals surface area contributed by atoms with Gasteiger partial charge in [-0.1, -0.05) is 30.3 Å². The molecule has 0 fully saturated rings. The molecule has 2 rings (SSSR count). The maximum Gasteiger partial charge on any atom is 0.293 e. The molecule has 112 valence electrons. The molecule has 0 bridgehead atoms. The van der Waals surface area contributed by atoms with Crippen LogP contribution in [0.3, 0.4) is 0 Å². The van der Waals surface area contributed by atoms with Crippen molar-refractivity contribution in [2.45, 2.75) is 32.4 Å². The van der Waals surface area contributed by atoms with Gasteiger partial charge in [-0.2, -0.15) is 0 Å². The lowest BCUT2D eigenvalue weighted by Crippen LogP contribution is -2.35. The standard InChI is InChI=1S/C16H22N4O/c1-12(2)20-9-8-18-15(16(20)21)19-14(11-17)10-13-6-4-3-5-7-13/h3-9,12,14H,10-11,17H2,1-2H3,(H,18,19). The summed E-state index contributed by atoms with van der Waals surface area (Å²) in [4.78, 5) is 16.5. The van der Waals surface area contributed by atoms with Gasteiger partial charge >= 0.3 is 0 Å². The van der Waals surface area contributed by atoms with E-state index in [0.717, 1.165) is 6.42 Å². The average Bonchev–Trinajstić information content (AvgIpc) is 2.49. The van der Waals surface area contributed by atoms with Crippen molar-refractivity contribution in [2.24, 2.45) is 5.73 Å². The van der Waals surface area contributed by atoms with Crippen molar-refractivity contribution in [1.82, 2.24) is 9.55 Å². The molecule has 0 aliphatic carbocycles. The van der Waals surface area contributed by atoms with Gasteiger partial charge in [-0.05, 0) is 25.8 Å². The second-order valence-corrected chi connectivity index (χ2v) is 5.35. The molecule has 0 amide bonds. The van der Waals surface area contributed by atoms with Gasteiger partial charge in [0, 0.05) is 31.0 Å². The Morgan fingerprint density at radius 2 is 2.00 bits per heavy atom. The Bertz CT molecular complexity index is 622. The zero-order valence-corrected chi connectivity index (χ0v) is 12.5. The first-order valence-electron chi connectivity index (χ1n) is 7.19. The molecule has 0 saturated carbocycles. The highest BCUT2D eigenvalue weighted by atomic mass is 16.1. The summed E-state index contributed by atoms with van der Waals surface area (Å²) < 4.78 is 1.66. The molecule has 0 spiro atoms. The minimum absolute atomic E-state index is 0.0180. The van der Waals surface area contributed by atoms with Crippen LogP contribution in [0.4, 0.5) is 5.82 Å². The molecule has 5 nitrogen and oxygen atoms in total. The predicted molar refractivity (Wildman–Crippen MR) is 85.5 cm³/mol. The highest BCUT2D eigenvalue weighted by Gasteiger charge is 2.12. The zero-order valence-electron chi connectivity index (χ0n) is 12.5. The van der Waals surface area contributed by atoms with E-state index in [-0.39, 0.29) is 17.6 Å². The Labute approximate surface area is 124 Å². The van der Waals surface area contributed by atoms with E-state index in [1.54, 1.807) is 17.0 Å². The lowest BCUT2D eigenvalue weighted by molar-refractivity contribution is 0.573. The van der Waals surface area contributed by atoms with Gasteiger partial charge in [0.2, 0.25) is 0 Å². The molecule has 1 heterocycles. The number of hydrogen-bond donors (Lipinski definition) is 2. The van der Waals surface area contributed by atoms with E-state index in [2.05, 4.69) is 22.4 Å². The monoisotopic (exact) mass is 286 g/mol. The smallest absolute Gasteiger partial charge is 0.293 e. The molecule has 1 aromatic carbocycles. The summed E-state index contributed by atoms with van der Waals surface area (Å²) in [5.74, 6) is 0.359.